The van der Waals surface area contributed by atoms with Gasteiger partial charge in [0.2, 0.25) is 5.91 Å². The van der Waals surface area contributed by atoms with Crippen molar-refractivity contribution < 1.29 is 9.90 Å². The van der Waals surface area contributed by atoms with E-state index >= 15 is 0 Å². The number of nitrogens with one attached hydrogen (secondary N) is 1. The van der Waals surface area contributed by atoms with E-state index in [1.807, 2.05) is 11.8 Å². The number of amides is 1. The van der Waals surface area contributed by atoms with Crippen LogP contribution in [0, 0.1) is 4.77 Å². The quantitative estimate of drug-likeness (QED) is 0.798. The molecule has 0 saturated carbocycles. The third-order valence-corrected chi connectivity index (χ3v) is 3.53. The molecule has 1 aromatic heterocycles. The van der Waals surface area contributed by atoms with Gasteiger partial charge in [0, 0.05) is 19.3 Å². The highest BCUT2D eigenvalue weighted by Crippen LogP contribution is 2.18. The largest absolute Gasteiger partial charge is 0.390 e. The number of rotatable bonds is 3. The van der Waals surface area contributed by atoms with Gasteiger partial charge in [-0.15, -0.1) is 0 Å². The van der Waals surface area contributed by atoms with Crippen LogP contribution in [0.4, 0.5) is 0 Å². The van der Waals surface area contributed by atoms with Gasteiger partial charge in [0.15, 0.2) is 4.77 Å². The minimum Gasteiger partial charge on any atom is -0.390 e. The van der Waals surface area contributed by atoms with Crippen molar-refractivity contribution in [2.45, 2.75) is 32.4 Å². The van der Waals surface area contributed by atoms with Gasteiger partial charge in [-0.05, 0) is 32.0 Å². The van der Waals surface area contributed by atoms with Crippen LogP contribution in [0.15, 0.2) is 6.20 Å². The molecule has 1 atom stereocenters. The van der Waals surface area contributed by atoms with Gasteiger partial charge in [-0.1, -0.05) is 0 Å². The number of likely N-dealkylation sites (tertiary alicyclic amines) is 1. The van der Waals surface area contributed by atoms with Gasteiger partial charge in [-0.25, -0.2) is 0 Å². The van der Waals surface area contributed by atoms with Crippen molar-refractivity contribution in [3.05, 3.63) is 16.7 Å². The van der Waals surface area contributed by atoms with Crippen LogP contribution >= 0.6 is 12.2 Å². The minimum atomic E-state index is -0.353. The molecule has 1 fully saturated rings. The Balaban J connectivity index is 2.23. The van der Waals surface area contributed by atoms with Gasteiger partial charge < -0.3 is 19.6 Å². The molecule has 1 saturated heterocycles. The topological polar surface area (TPSA) is 61.3 Å². The Bertz CT molecular complexity index is 460. The lowest BCUT2D eigenvalue weighted by Crippen LogP contribution is -2.34. The number of aromatic nitrogens is 2. The molecule has 0 radical (unpaired) electrons. The Morgan fingerprint density at radius 1 is 1.59 bits per heavy atom. The van der Waals surface area contributed by atoms with E-state index < -0.39 is 0 Å². The number of carbonyl (C=O) groups excluding carboxylic acids is 1. The SMILES string of the molecule is CC(C(=O)N1CCCC1)n1c(CO)c[nH]c1=S. The van der Waals surface area contributed by atoms with E-state index in [1.54, 1.807) is 10.8 Å². The third kappa shape index (κ3) is 2.28. The molecule has 0 spiro atoms. The second kappa shape index (κ2) is 5.01. The van der Waals surface area contributed by atoms with Crippen LogP contribution in [-0.4, -0.2) is 38.6 Å². The molecule has 2 N–H and O–H groups in total. The minimum absolute atomic E-state index is 0.0768. The van der Waals surface area contributed by atoms with Crippen LogP contribution in [-0.2, 0) is 11.4 Å². The number of aromatic amines is 1. The molecule has 5 nitrogen and oxygen atoms in total. The standard InChI is InChI=1S/C11H17N3O2S/c1-8(10(16)13-4-2-3-5-13)14-9(7-15)6-12-11(14)17/h6,8,15H,2-5,7H2,1H3,(H,12,17). The molecular formula is C11H17N3O2S. The van der Waals surface area contributed by atoms with Crippen molar-refractivity contribution in [1.82, 2.24) is 14.5 Å². The zero-order valence-corrected chi connectivity index (χ0v) is 10.7. The molecule has 1 aliphatic rings. The molecule has 2 rings (SSSR count). The summed E-state index contributed by atoms with van der Waals surface area (Å²) in [6.45, 7) is 3.36. The van der Waals surface area contributed by atoms with Crippen LogP contribution in [0.3, 0.4) is 0 Å². The maximum Gasteiger partial charge on any atom is 0.245 e. The molecule has 1 unspecified atom stereocenters. The van der Waals surface area contributed by atoms with Crippen LogP contribution < -0.4 is 0 Å². The fraction of sp³-hybridized carbons (Fsp3) is 0.636. The molecule has 2 heterocycles. The van der Waals surface area contributed by atoms with E-state index in [2.05, 4.69) is 4.98 Å². The van der Waals surface area contributed by atoms with E-state index in [-0.39, 0.29) is 18.6 Å². The molecule has 6 heteroatoms. The van der Waals surface area contributed by atoms with Gasteiger partial charge in [-0.3, -0.25) is 4.79 Å². The number of aliphatic hydroxyl groups excluding tert-OH is 1. The van der Waals surface area contributed by atoms with E-state index in [4.69, 9.17) is 12.2 Å². The van der Waals surface area contributed by atoms with Crippen LogP contribution in [0.2, 0.25) is 0 Å². The van der Waals surface area contributed by atoms with Crippen molar-refractivity contribution >= 4 is 18.1 Å². The zero-order valence-electron chi connectivity index (χ0n) is 9.85. The first kappa shape index (κ1) is 12.3. The van der Waals surface area contributed by atoms with Gasteiger partial charge in [0.05, 0.1) is 12.3 Å². The summed E-state index contributed by atoms with van der Waals surface area (Å²) in [7, 11) is 0. The molecule has 0 aliphatic carbocycles. The van der Waals surface area contributed by atoms with Crippen molar-refractivity contribution in [3.8, 4) is 0 Å². The van der Waals surface area contributed by atoms with E-state index in [1.165, 1.54) is 0 Å². The Labute approximate surface area is 105 Å². The Hall–Kier alpha value is -1.14. The van der Waals surface area contributed by atoms with Crippen molar-refractivity contribution in [2.75, 3.05) is 13.1 Å². The molecule has 17 heavy (non-hydrogen) atoms. The molecule has 0 bridgehead atoms. The number of hydrogen-bond donors (Lipinski definition) is 2. The monoisotopic (exact) mass is 255 g/mol. The predicted molar refractivity (Wildman–Crippen MR) is 66.1 cm³/mol. The first-order valence-corrected chi connectivity index (χ1v) is 6.24. The van der Waals surface area contributed by atoms with Crippen LogP contribution in [0.1, 0.15) is 31.5 Å². The van der Waals surface area contributed by atoms with Crippen molar-refractivity contribution in [1.29, 1.82) is 0 Å². The van der Waals surface area contributed by atoms with Gasteiger partial charge in [-0.2, -0.15) is 0 Å². The summed E-state index contributed by atoms with van der Waals surface area (Å²) in [6, 6.07) is -0.353. The van der Waals surface area contributed by atoms with Crippen LogP contribution in [0.25, 0.3) is 0 Å². The van der Waals surface area contributed by atoms with Gasteiger partial charge in [0.1, 0.15) is 6.04 Å². The smallest absolute Gasteiger partial charge is 0.245 e. The molecule has 1 aromatic rings. The Morgan fingerprint density at radius 3 is 2.82 bits per heavy atom. The lowest BCUT2D eigenvalue weighted by Gasteiger charge is -2.22. The highest BCUT2D eigenvalue weighted by Gasteiger charge is 2.25. The average molecular weight is 255 g/mol. The maximum absolute atomic E-state index is 12.2. The zero-order chi connectivity index (χ0) is 12.4. The maximum atomic E-state index is 12.2. The van der Waals surface area contributed by atoms with E-state index in [9.17, 15) is 9.90 Å². The second-order valence-electron chi connectivity index (χ2n) is 4.32. The first-order chi connectivity index (χ1) is 8.15. The van der Waals surface area contributed by atoms with Crippen molar-refractivity contribution in [3.63, 3.8) is 0 Å². The van der Waals surface area contributed by atoms with Gasteiger partial charge in [0.25, 0.3) is 0 Å². The highest BCUT2D eigenvalue weighted by molar-refractivity contribution is 7.71. The second-order valence-corrected chi connectivity index (χ2v) is 4.71. The number of aliphatic hydroxyl groups is 1. The summed E-state index contributed by atoms with van der Waals surface area (Å²) in [5, 5.41) is 9.22. The molecule has 94 valence electrons. The average Bonchev–Trinajstić information content (AvgIpc) is 2.96. The summed E-state index contributed by atoms with van der Waals surface area (Å²) in [4.78, 5) is 17.0. The summed E-state index contributed by atoms with van der Waals surface area (Å²) >= 11 is 5.13. The lowest BCUT2D eigenvalue weighted by atomic mass is 10.2. The van der Waals surface area contributed by atoms with Crippen LogP contribution in [0.5, 0.6) is 0 Å². The predicted octanol–water partition coefficient (Wildman–Crippen LogP) is 1.22. The molecule has 0 aromatic carbocycles. The normalized spacial score (nSPS) is 17.4. The number of nitrogens with zero attached hydrogens (tertiary/aromatic N) is 2. The Kier molecular flexibility index (Phi) is 3.63. The molecular weight excluding hydrogens is 238 g/mol. The molecule has 1 aliphatic heterocycles. The summed E-state index contributed by atoms with van der Waals surface area (Å²) < 4.78 is 2.17. The number of carbonyl (C=O) groups is 1. The molecule has 1 amide bonds. The third-order valence-electron chi connectivity index (χ3n) is 3.21. The van der Waals surface area contributed by atoms with Crippen molar-refractivity contribution in [2.24, 2.45) is 0 Å². The van der Waals surface area contributed by atoms with E-state index in [0.29, 0.717) is 10.5 Å². The summed E-state index contributed by atoms with van der Waals surface area (Å²) in [5.74, 6) is 0.0768. The highest BCUT2D eigenvalue weighted by atomic mass is 32.1. The van der Waals surface area contributed by atoms with E-state index in [0.717, 1.165) is 25.9 Å². The fourth-order valence-electron chi connectivity index (χ4n) is 2.27. The number of imidazole rings is 1. The van der Waals surface area contributed by atoms with Gasteiger partial charge >= 0.3 is 0 Å². The lowest BCUT2D eigenvalue weighted by molar-refractivity contribution is -0.133. The fourth-order valence-corrected chi connectivity index (χ4v) is 2.61. The summed E-state index contributed by atoms with van der Waals surface area (Å²) in [5.41, 5.74) is 0.648. The summed E-state index contributed by atoms with van der Waals surface area (Å²) in [6.07, 6.45) is 3.80. The number of H-pyrrole nitrogens is 1. The Morgan fingerprint density at radius 2 is 2.24 bits per heavy atom. The number of hydrogen-bond acceptors (Lipinski definition) is 3. The first-order valence-electron chi connectivity index (χ1n) is 5.83.